The topological polar surface area (TPSA) is 84.2 Å². The van der Waals surface area contributed by atoms with Crippen LogP contribution in [0.25, 0.3) is 0 Å². The van der Waals surface area contributed by atoms with Crippen molar-refractivity contribution in [3.05, 3.63) is 45.2 Å². The number of aromatic carboxylic acids is 1. The molecule has 1 aromatic heterocycles. The molecule has 0 unspecified atom stereocenters. The van der Waals surface area contributed by atoms with E-state index in [1.807, 2.05) is 6.92 Å². The predicted molar refractivity (Wildman–Crippen MR) is 84.0 cm³/mol. The molecule has 1 heterocycles. The minimum Gasteiger partial charge on any atom is -0.478 e. The Morgan fingerprint density at radius 1 is 1.36 bits per heavy atom. The second-order valence-corrected chi connectivity index (χ2v) is 5.29. The molecule has 2 aromatic rings. The fraction of sp³-hybridized carbons (Fsp3) is 0.214. The fourth-order valence-electron chi connectivity index (χ4n) is 1.98. The van der Waals surface area contributed by atoms with Crippen LogP contribution in [0.15, 0.2) is 18.2 Å². The average molecular weight is 342 g/mol. The van der Waals surface area contributed by atoms with Crippen molar-refractivity contribution in [2.45, 2.75) is 20.4 Å². The van der Waals surface area contributed by atoms with Crippen LogP contribution < -0.4 is 5.32 Å². The molecule has 22 heavy (non-hydrogen) atoms. The summed E-state index contributed by atoms with van der Waals surface area (Å²) in [6.45, 7) is 4.10. The Balaban J connectivity index is 2.28. The lowest BCUT2D eigenvalue weighted by molar-refractivity contribution is 0.0697. The van der Waals surface area contributed by atoms with Gasteiger partial charge in [0.1, 0.15) is 5.15 Å². The second kappa shape index (κ2) is 6.37. The molecular weight excluding hydrogens is 329 g/mol. The number of carbonyl (C=O) groups excluding carboxylic acids is 1. The molecule has 0 fully saturated rings. The van der Waals surface area contributed by atoms with Crippen molar-refractivity contribution in [1.82, 2.24) is 9.78 Å². The first-order valence-electron chi connectivity index (χ1n) is 6.42. The van der Waals surface area contributed by atoms with Gasteiger partial charge in [0, 0.05) is 12.2 Å². The summed E-state index contributed by atoms with van der Waals surface area (Å²) in [6, 6.07) is 4.15. The molecule has 8 heteroatoms. The standard InChI is InChI=1S/C14H13Cl2N3O3/c1-3-19-12(16)11(7(2)18-19)13(20)17-8-4-5-9(14(21)22)10(15)6-8/h4-6H,3H2,1-2H3,(H,17,20)(H,21,22). The van der Waals surface area contributed by atoms with Gasteiger partial charge in [0.25, 0.3) is 5.91 Å². The van der Waals surface area contributed by atoms with Crippen LogP contribution in [-0.4, -0.2) is 26.8 Å². The number of carboxylic acid groups (broad SMARTS) is 1. The van der Waals surface area contributed by atoms with Gasteiger partial charge in [-0.05, 0) is 32.0 Å². The third kappa shape index (κ3) is 3.08. The molecule has 0 aliphatic heterocycles. The predicted octanol–water partition coefficient (Wildman–Crippen LogP) is 3.47. The molecule has 0 radical (unpaired) electrons. The van der Waals surface area contributed by atoms with Crippen LogP contribution in [0.4, 0.5) is 5.69 Å². The second-order valence-electron chi connectivity index (χ2n) is 4.52. The Morgan fingerprint density at radius 3 is 2.55 bits per heavy atom. The quantitative estimate of drug-likeness (QED) is 0.891. The van der Waals surface area contributed by atoms with Crippen LogP contribution in [-0.2, 0) is 6.54 Å². The number of nitrogens with one attached hydrogen (secondary N) is 1. The molecule has 1 amide bonds. The van der Waals surface area contributed by atoms with Gasteiger partial charge in [-0.25, -0.2) is 4.79 Å². The van der Waals surface area contributed by atoms with Crippen LogP contribution in [0.5, 0.6) is 0 Å². The van der Waals surface area contributed by atoms with E-state index in [1.165, 1.54) is 22.9 Å². The van der Waals surface area contributed by atoms with Gasteiger partial charge in [0.15, 0.2) is 0 Å². The number of nitrogens with zero attached hydrogens (tertiary/aromatic N) is 2. The smallest absolute Gasteiger partial charge is 0.337 e. The zero-order chi connectivity index (χ0) is 16.4. The molecule has 0 atom stereocenters. The molecule has 0 bridgehead atoms. The normalized spacial score (nSPS) is 10.5. The van der Waals surface area contributed by atoms with Crippen LogP contribution in [0.3, 0.4) is 0 Å². The molecule has 0 aliphatic carbocycles. The van der Waals surface area contributed by atoms with Gasteiger partial charge in [-0.2, -0.15) is 5.10 Å². The maximum absolute atomic E-state index is 12.3. The number of aromatic nitrogens is 2. The Hall–Kier alpha value is -2.05. The van der Waals surface area contributed by atoms with E-state index < -0.39 is 11.9 Å². The molecule has 0 saturated heterocycles. The molecule has 2 N–H and O–H groups in total. The summed E-state index contributed by atoms with van der Waals surface area (Å²) in [6.07, 6.45) is 0. The number of aryl methyl sites for hydroxylation is 2. The van der Waals surface area contributed by atoms with Crippen molar-refractivity contribution >= 4 is 40.8 Å². The van der Waals surface area contributed by atoms with Crippen LogP contribution >= 0.6 is 23.2 Å². The van der Waals surface area contributed by atoms with Crippen molar-refractivity contribution in [3.63, 3.8) is 0 Å². The highest BCUT2D eigenvalue weighted by atomic mass is 35.5. The third-order valence-electron chi connectivity index (χ3n) is 3.05. The number of hydrogen-bond donors (Lipinski definition) is 2. The molecule has 0 spiro atoms. The zero-order valence-electron chi connectivity index (χ0n) is 11.9. The van der Waals surface area contributed by atoms with E-state index in [9.17, 15) is 9.59 Å². The molecule has 6 nitrogen and oxygen atoms in total. The lowest BCUT2D eigenvalue weighted by Crippen LogP contribution is -2.13. The minimum absolute atomic E-state index is 0.0346. The molecular formula is C14H13Cl2N3O3. The summed E-state index contributed by atoms with van der Waals surface area (Å²) < 4.78 is 1.52. The molecule has 0 aliphatic rings. The minimum atomic E-state index is -1.13. The monoisotopic (exact) mass is 341 g/mol. The van der Waals surface area contributed by atoms with Crippen LogP contribution in [0.2, 0.25) is 10.2 Å². The molecule has 1 aromatic carbocycles. The maximum atomic E-state index is 12.3. The van der Waals surface area contributed by atoms with Gasteiger partial charge in [0.05, 0.1) is 21.8 Å². The first kappa shape index (κ1) is 16.3. The number of hydrogen-bond acceptors (Lipinski definition) is 3. The van der Waals surface area contributed by atoms with E-state index in [2.05, 4.69) is 10.4 Å². The van der Waals surface area contributed by atoms with E-state index in [-0.39, 0.29) is 21.3 Å². The largest absolute Gasteiger partial charge is 0.478 e. The van der Waals surface area contributed by atoms with Crippen molar-refractivity contribution in [3.8, 4) is 0 Å². The van der Waals surface area contributed by atoms with Gasteiger partial charge in [0.2, 0.25) is 0 Å². The molecule has 0 saturated carbocycles. The van der Waals surface area contributed by atoms with Gasteiger partial charge in [-0.1, -0.05) is 23.2 Å². The summed E-state index contributed by atoms with van der Waals surface area (Å²) in [4.78, 5) is 23.2. The molecule has 116 valence electrons. The third-order valence-corrected chi connectivity index (χ3v) is 3.75. The number of halogens is 2. The van der Waals surface area contributed by atoms with E-state index >= 15 is 0 Å². The Morgan fingerprint density at radius 2 is 2.05 bits per heavy atom. The zero-order valence-corrected chi connectivity index (χ0v) is 13.4. The highest BCUT2D eigenvalue weighted by Gasteiger charge is 2.20. The van der Waals surface area contributed by atoms with Crippen LogP contribution in [0.1, 0.15) is 33.3 Å². The summed E-state index contributed by atoms with van der Waals surface area (Å²) in [5.74, 6) is -1.56. The number of carbonyl (C=O) groups is 2. The highest BCUT2D eigenvalue weighted by Crippen LogP contribution is 2.24. The van der Waals surface area contributed by atoms with Gasteiger partial charge in [-0.15, -0.1) is 0 Å². The lowest BCUT2D eigenvalue weighted by atomic mass is 10.2. The van der Waals surface area contributed by atoms with Crippen molar-refractivity contribution in [1.29, 1.82) is 0 Å². The van der Waals surface area contributed by atoms with E-state index in [4.69, 9.17) is 28.3 Å². The Kier molecular flexibility index (Phi) is 4.73. The number of rotatable bonds is 4. The SMILES string of the molecule is CCn1nc(C)c(C(=O)Nc2ccc(C(=O)O)c(Cl)c2)c1Cl. The van der Waals surface area contributed by atoms with Gasteiger partial charge < -0.3 is 10.4 Å². The Labute approximate surface area is 136 Å². The summed E-state index contributed by atoms with van der Waals surface area (Å²) in [5, 5.41) is 16.0. The van der Waals surface area contributed by atoms with E-state index in [0.29, 0.717) is 17.9 Å². The van der Waals surface area contributed by atoms with Crippen LogP contribution in [0, 0.1) is 6.92 Å². The fourth-order valence-corrected chi connectivity index (χ4v) is 2.62. The number of anilines is 1. The van der Waals surface area contributed by atoms with Gasteiger partial charge in [-0.3, -0.25) is 9.48 Å². The van der Waals surface area contributed by atoms with Crippen molar-refractivity contribution in [2.24, 2.45) is 0 Å². The van der Waals surface area contributed by atoms with E-state index in [0.717, 1.165) is 0 Å². The highest BCUT2D eigenvalue weighted by molar-refractivity contribution is 6.34. The maximum Gasteiger partial charge on any atom is 0.337 e. The lowest BCUT2D eigenvalue weighted by Gasteiger charge is -2.07. The summed E-state index contributed by atoms with van der Waals surface area (Å²) in [5.41, 5.74) is 1.13. The Bertz CT molecular complexity index is 756. The summed E-state index contributed by atoms with van der Waals surface area (Å²) in [7, 11) is 0. The number of benzene rings is 1. The van der Waals surface area contributed by atoms with Crippen molar-refractivity contribution < 1.29 is 14.7 Å². The molecule has 2 rings (SSSR count). The number of amides is 1. The van der Waals surface area contributed by atoms with E-state index in [1.54, 1.807) is 6.92 Å². The first-order valence-corrected chi connectivity index (χ1v) is 7.17. The average Bonchev–Trinajstić information content (AvgIpc) is 2.72. The number of carboxylic acids is 1. The van der Waals surface area contributed by atoms with Gasteiger partial charge >= 0.3 is 5.97 Å². The summed E-state index contributed by atoms with van der Waals surface area (Å²) >= 11 is 12.0. The first-order chi connectivity index (χ1) is 10.3. The van der Waals surface area contributed by atoms with Crippen molar-refractivity contribution in [2.75, 3.05) is 5.32 Å².